The van der Waals surface area contributed by atoms with Crippen molar-refractivity contribution in [3.05, 3.63) is 34.9 Å². The molecule has 2 aliphatic carbocycles. The first-order valence-electron chi connectivity index (χ1n) is 6.26. The topological polar surface area (TPSA) is 12.0 Å². The minimum atomic E-state index is -0.878. The highest BCUT2D eigenvalue weighted by Crippen LogP contribution is 2.38. The van der Waals surface area contributed by atoms with Gasteiger partial charge < -0.3 is 5.32 Å². The average molecular weight is 219 g/mol. The van der Waals surface area contributed by atoms with Crippen LogP contribution in [0.2, 0.25) is 0 Å². The average Bonchev–Trinajstić information content (AvgIpc) is 2.84. The van der Waals surface area contributed by atoms with Gasteiger partial charge in [0.1, 0.15) is 5.67 Å². The van der Waals surface area contributed by atoms with Crippen LogP contribution in [0.3, 0.4) is 0 Å². The van der Waals surface area contributed by atoms with E-state index in [0.29, 0.717) is 6.54 Å². The van der Waals surface area contributed by atoms with E-state index < -0.39 is 5.67 Å². The van der Waals surface area contributed by atoms with Gasteiger partial charge in [-0.05, 0) is 48.8 Å². The standard InChI is InChI=1S/C14H18FN/c15-14(6-7-14)10-16-9-11-4-5-12-2-1-3-13(12)8-11/h4-5,8,16H,1-3,6-7,9-10H2. The van der Waals surface area contributed by atoms with Crippen molar-refractivity contribution in [2.45, 2.75) is 44.3 Å². The number of hydrogen-bond donors (Lipinski definition) is 1. The van der Waals surface area contributed by atoms with Crippen LogP contribution in [0.1, 0.15) is 36.0 Å². The molecular weight excluding hydrogens is 201 g/mol. The summed E-state index contributed by atoms with van der Waals surface area (Å²) in [5.74, 6) is 0. The first-order valence-corrected chi connectivity index (χ1v) is 6.26. The quantitative estimate of drug-likeness (QED) is 0.821. The van der Waals surface area contributed by atoms with Gasteiger partial charge in [0.15, 0.2) is 0 Å². The van der Waals surface area contributed by atoms with Crippen LogP contribution in [0.4, 0.5) is 4.39 Å². The van der Waals surface area contributed by atoms with Crippen LogP contribution >= 0.6 is 0 Å². The molecule has 0 aromatic heterocycles. The van der Waals surface area contributed by atoms with Crippen LogP contribution in [-0.2, 0) is 19.4 Å². The Balaban J connectivity index is 1.58. The Bertz CT molecular complexity index is 396. The maximum absolute atomic E-state index is 13.4. The smallest absolute Gasteiger partial charge is 0.123 e. The van der Waals surface area contributed by atoms with E-state index in [0.717, 1.165) is 19.4 Å². The number of benzene rings is 1. The molecule has 0 heterocycles. The first-order chi connectivity index (χ1) is 7.75. The lowest BCUT2D eigenvalue weighted by molar-refractivity contribution is 0.295. The van der Waals surface area contributed by atoms with Gasteiger partial charge >= 0.3 is 0 Å². The summed E-state index contributed by atoms with van der Waals surface area (Å²) in [6.45, 7) is 1.32. The number of halogens is 1. The molecule has 1 saturated carbocycles. The van der Waals surface area contributed by atoms with Crippen molar-refractivity contribution < 1.29 is 4.39 Å². The summed E-state index contributed by atoms with van der Waals surface area (Å²) in [4.78, 5) is 0. The number of hydrogen-bond acceptors (Lipinski definition) is 1. The summed E-state index contributed by atoms with van der Waals surface area (Å²) in [6.07, 6.45) is 5.22. The van der Waals surface area contributed by atoms with E-state index in [4.69, 9.17) is 0 Å². The van der Waals surface area contributed by atoms with Crippen LogP contribution in [0.5, 0.6) is 0 Å². The fraction of sp³-hybridized carbons (Fsp3) is 0.571. The predicted molar refractivity (Wildman–Crippen MR) is 63.2 cm³/mol. The van der Waals surface area contributed by atoms with E-state index in [2.05, 4.69) is 23.5 Å². The highest BCUT2D eigenvalue weighted by atomic mass is 19.1. The third-order valence-electron chi connectivity index (χ3n) is 3.73. The van der Waals surface area contributed by atoms with Gasteiger partial charge in [-0.2, -0.15) is 0 Å². The number of fused-ring (bicyclic) bond motifs is 1. The Labute approximate surface area is 96.1 Å². The molecule has 0 atom stereocenters. The second-order valence-corrected chi connectivity index (χ2v) is 5.21. The molecule has 1 aromatic carbocycles. The first kappa shape index (κ1) is 10.3. The molecule has 0 spiro atoms. The van der Waals surface area contributed by atoms with Crippen LogP contribution in [-0.4, -0.2) is 12.2 Å². The number of aryl methyl sites for hydroxylation is 2. The van der Waals surface area contributed by atoms with Gasteiger partial charge in [-0.25, -0.2) is 4.39 Å². The maximum Gasteiger partial charge on any atom is 0.123 e. The highest BCUT2D eigenvalue weighted by molar-refractivity contribution is 5.35. The second-order valence-electron chi connectivity index (χ2n) is 5.21. The fourth-order valence-electron chi connectivity index (χ4n) is 2.48. The second kappa shape index (κ2) is 3.85. The van der Waals surface area contributed by atoms with Gasteiger partial charge in [-0.15, -0.1) is 0 Å². The number of nitrogens with one attached hydrogen (secondary N) is 1. The van der Waals surface area contributed by atoms with Crippen LogP contribution < -0.4 is 5.32 Å². The van der Waals surface area contributed by atoms with Gasteiger partial charge in [0.2, 0.25) is 0 Å². The Morgan fingerprint density at radius 2 is 2.00 bits per heavy atom. The van der Waals surface area contributed by atoms with Gasteiger partial charge in [0, 0.05) is 13.1 Å². The summed E-state index contributed by atoms with van der Waals surface area (Å²) in [6, 6.07) is 6.70. The Hall–Kier alpha value is -0.890. The van der Waals surface area contributed by atoms with E-state index in [1.165, 1.54) is 36.0 Å². The van der Waals surface area contributed by atoms with Crippen molar-refractivity contribution >= 4 is 0 Å². The molecule has 3 rings (SSSR count). The monoisotopic (exact) mass is 219 g/mol. The zero-order chi connectivity index (χ0) is 11.0. The molecule has 1 fully saturated rings. The summed E-state index contributed by atoms with van der Waals surface area (Å²) in [7, 11) is 0. The molecule has 0 radical (unpaired) electrons. The minimum Gasteiger partial charge on any atom is -0.309 e. The van der Waals surface area contributed by atoms with E-state index in [-0.39, 0.29) is 0 Å². The summed E-state index contributed by atoms with van der Waals surface area (Å²) in [5.41, 5.74) is 3.43. The van der Waals surface area contributed by atoms with Crippen LogP contribution in [0.15, 0.2) is 18.2 Å². The van der Waals surface area contributed by atoms with Gasteiger partial charge in [0.25, 0.3) is 0 Å². The lowest BCUT2D eigenvalue weighted by Crippen LogP contribution is -2.24. The Kier molecular flexibility index (Phi) is 2.47. The Morgan fingerprint density at radius 1 is 1.19 bits per heavy atom. The SMILES string of the molecule is FC1(CNCc2ccc3c(c2)CCC3)CC1. The minimum absolute atomic E-state index is 0.518. The third-order valence-corrected chi connectivity index (χ3v) is 3.73. The maximum atomic E-state index is 13.4. The van der Waals surface area contributed by atoms with Crippen molar-refractivity contribution in [2.24, 2.45) is 0 Å². The molecule has 2 heteroatoms. The van der Waals surface area contributed by atoms with Crippen molar-refractivity contribution in [1.82, 2.24) is 5.32 Å². The van der Waals surface area contributed by atoms with E-state index in [1.54, 1.807) is 0 Å². The zero-order valence-electron chi connectivity index (χ0n) is 9.56. The molecule has 1 nitrogen and oxygen atoms in total. The summed E-state index contributed by atoms with van der Waals surface area (Å²) < 4.78 is 13.4. The molecule has 0 aliphatic heterocycles. The fourth-order valence-corrected chi connectivity index (χ4v) is 2.48. The summed E-state index contributed by atoms with van der Waals surface area (Å²) in [5, 5.41) is 3.22. The molecule has 0 amide bonds. The van der Waals surface area contributed by atoms with E-state index in [9.17, 15) is 4.39 Å². The predicted octanol–water partition coefficient (Wildman–Crippen LogP) is 2.77. The zero-order valence-corrected chi connectivity index (χ0v) is 9.56. The lowest BCUT2D eigenvalue weighted by atomic mass is 10.1. The van der Waals surface area contributed by atoms with Crippen molar-refractivity contribution in [3.63, 3.8) is 0 Å². The molecule has 0 saturated heterocycles. The van der Waals surface area contributed by atoms with Gasteiger partial charge in [0.05, 0.1) is 0 Å². The molecule has 1 N–H and O–H groups in total. The molecule has 2 aliphatic rings. The largest absolute Gasteiger partial charge is 0.309 e. The molecule has 86 valence electrons. The van der Waals surface area contributed by atoms with E-state index in [1.807, 2.05) is 0 Å². The van der Waals surface area contributed by atoms with Crippen molar-refractivity contribution in [2.75, 3.05) is 6.54 Å². The molecule has 0 unspecified atom stereocenters. The highest BCUT2D eigenvalue weighted by Gasteiger charge is 2.42. The molecular formula is C14H18FN. The van der Waals surface area contributed by atoms with Gasteiger partial charge in [-0.1, -0.05) is 18.2 Å². The molecule has 1 aromatic rings. The van der Waals surface area contributed by atoms with Crippen molar-refractivity contribution in [3.8, 4) is 0 Å². The normalized spacial score (nSPS) is 20.8. The third kappa shape index (κ3) is 2.12. The van der Waals surface area contributed by atoms with Gasteiger partial charge in [-0.3, -0.25) is 0 Å². The van der Waals surface area contributed by atoms with Crippen molar-refractivity contribution in [1.29, 1.82) is 0 Å². The molecule has 16 heavy (non-hydrogen) atoms. The van der Waals surface area contributed by atoms with Crippen LogP contribution in [0, 0.1) is 0 Å². The molecule has 0 bridgehead atoms. The Morgan fingerprint density at radius 3 is 2.81 bits per heavy atom. The number of rotatable bonds is 4. The summed E-state index contributed by atoms with van der Waals surface area (Å²) >= 11 is 0. The lowest BCUT2D eigenvalue weighted by Gasteiger charge is -2.08. The van der Waals surface area contributed by atoms with E-state index >= 15 is 0 Å². The van der Waals surface area contributed by atoms with Crippen LogP contribution in [0.25, 0.3) is 0 Å². The number of alkyl halides is 1.